The summed E-state index contributed by atoms with van der Waals surface area (Å²) in [6.45, 7) is 6.17. The fourth-order valence-corrected chi connectivity index (χ4v) is 6.25. The minimum Gasteiger partial charge on any atom is -0.326 e. The normalized spacial score (nSPS) is 13.1. The Hall–Kier alpha value is -1.92. The molecule has 6 heteroatoms. The van der Waals surface area contributed by atoms with E-state index in [0.29, 0.717) is 6.42 Å². The third kappa shape index (κ3) is 3.94. The number of carbonyl (C=O) groups excluding carboxylic acids is 1. The Morgan fingerprint density at radius 1 is 1.18 bits per heavy atom. The van der Waals surface area contributed by atoms with Crippen molar-refractivity contribution >= 4 is 44.9 Å². The van der Waals surface area contributed by atoms with E-state index in [4.69, 9.17) is 0 Å². The molecule has 146 valence electrons. The molecular formula is C22H25N3OS2. The number of aryl methyl sites for hydroxylation is 5. The van der Waals surface area contributed by atoms with Gasteiger partial charge in [-0.1, -0.05) is 17.7 Å². The van der Waals surface area contributed by atoms with Crippen molar-refractivity contribution in [3.8, 4) is 0 Å². The fraction of sp³-hybridized carbons (Fsp3) is 0.409. The van der Waals surface area contributed by atoms with Gasteiger partial charge in [-0.2, -0.15) is 0 Å². The molecule has 0 unspecified atom stereocenters. The highest BCUT2D eigenvalue weighted by molar-refractivity contribution is 7.99. The first-order chi connectivity index (χ1) is 13.5. The first kappa shape index (κ1) is 19.4. The second kappa shape index (κ2) is 8.21. The van der Waals surface area contributed by atoms with Crippen LogP contribution in [0, 0.1) is 20.8 Å². The molecule has 0 radical (unpaired) electrons. The lowest BCUT2D eigenvalue weighted by Crippen LogP contribution is -2.13. The van der Waals surface area contributed by atoms with Gasteiger partial charge in [0.05, 0.1) is 0 Å². The first-order valence-electron chi connectivity index (χ1n) is 9.78. The highest BCUT2D eigenvalue weighted by Gasteiger charge is 2.21. The molecule has 0 spiro atoms. The predicted octanol–water partition coefficient (Wildman–Crippen LogP) is 5.62. The van der Waals surface area contributed by atoms with Crippen LogP contribution in [0.2, 0.25) is 0 Å². The lowest BCUT2D eigenvalue weighted by Gasteiger charge is -2.12. The highest BCUT2D eigenvalue weighted by Crippen LogP contribution is 2.40. The van der Waals surface area contributed by atoms with Gasteiger partial charge in [0, 0.05) is 28.1 Å². The summed E-state index contributed by atoms with van der Waals surface area (Å²) in [4.78, 5) is 24.0. The minimum atomic E-state index is 0.0833. The SMILES string of the molecule is Cc1cc(C)c(NC(=O)CCCSc2ncnc3sc4c(c23)CCC4)c(C)c1. The van der Waals surface area contributed by atoms with E-state index in [1.54, 1.807) is 18.1 Å². The summed E-state index contributed by atoms with van der Waals surface area (Å²) < 4.78 is 0. The summed E-state index contributed by atoms with van der Waals surface area (Å²) in [6, 6.07) is 4.22. The third-order valence-electron chi connectivity index (χ3n) is 5.19. The molecule has 0 aliphatic heterocycles. The van der Waals surface area contributed by atoms with Crippen LogP contribution < -0.4 is 5.32 Å². The number of hydrogen-bond donors (Lipinski definition) is 1. The molecule has 0 fully saturated rings. The number of hydrogen-bond acceptors (Lipinski definition) is 5. The highest BCUT2D eigenvalue weighted by atomic mass is 32.2. The van der Waals surface area contributed by atoms with Gasteiger partial charge in [0.2, 0.25) is 5.91 Å². The third-order valence-corrected chi connectivity index (χ3v) is 7.47. The number of amides is 1. The molecule has 28 heavy (non-hydrogen) atoms. The Morgan fingerprint density at radius 3 is 2.75 bits per heavy atom. The van der Waals surface area contributed by atoms with Gasteiger partial charge >= 0.3 is 0 Å². The average molecular weight is 412 g/mol. The maximum atomic E-state index is 12.4. The maximum Gasteiger partial charge on any atom is 0.224 e. The van der Waals surface area contributed by atoms with Gasteiger partial charge in [-0.05, 0) is 63.1 Å². The number of benzene rings is 1. The summed E-state index contributed by atoms with van der Waals surface area (Å²) >= 11 is 3.57. The van der Waals surface area contributed by atoms with E-state index < -0.39 is 0 Å². The number of thioether (sulfide) groups is 1. The number of anilines is 1. The topological polar surface area (TPSA) is 54.9 Å². The second-order valence-corrected chi connectivity index (χ2v) is 9.66. The molecule has 1 aliphatic carbocycles. The van der Waals surface area contributed by atoms with Crippen molar-refractivity contribution < 1.29 is 4.79 Å². The molecule has 4 nitrogen and oxygen atoms in total. The number of rotatable bonds is 6. The lowest BCUT2D eigenvalue weighted by atomic mass is 10.0. The molecule has 2 aromatic heterocycles. The van der Waals surface area contributed by atoms with E-state index >= 15 is 0 Å². The molecule has 1 N–H and O–H groups in total. The van der Waals surface area contributed by atoms with Crippen molar-refractivity contribution in [2.75, 3.05) is 11.1 Å². The number of carbonyl (C=O) groups is 1. The van der Waals surface area contributed by atoms with Crippen molar-refractivity contribution in [2.24, 2.45) is 0 Å². The van der Waals surface area contributed by atoms with E-state index in [-0.39, 0.29) is 5.91 Å². The van der Waals surface area contributed by atoms with Gasteiger partial charge in [0.15, 0.2) is 0 Å². The molecule has 0 saturated carbocycles. The van der Waals surface area contributed by atoms with Crippen molar-refractivity contribution in [1.29, 1.82) is 0 Å². The van der Waals surface area contributed by atoms with Crippen molar-refractivity contribution in [1.82, 2.24) is 9.97 Å². The molecule has 2 heterocycles. The van der Waals surface area contributed by atoms with Gasteiger partial charge in [0.25, 0.3) is 0 Å². The summed E-state index contributed by atoms with van der Waals surface area (Å²) in [5.41, 5.74) is 5.88. The summed E-state index contributed by atoms with van der Waals surface area (Å²) in [5.74, 6) is 0.968. The van der Waals surface area contributed by atoms with E-state index in [1.807, 2.05) is 25.2 Å². The molecule has 3 aromatic rings. The van der Waals surface area contributed by atoms with Gasteiger partial charge < -0.3 is 5.32 Å². The minimum absolute atomic E-state index is 0.0833. The Kier molecular flexibility index (Phi) is 5.69. The Balaban J connectivity index is 1.34. The zero-order valence-corrected chi connectivity index (χ0v) is 18.2. The quantitative estimate of drug-likeness (QED) is 0.325. The zero-order chi connectivity index (χ0) is 19.7. The van der Waals surface area contributed by atoms with E-state index in [1.165, 1.54) is 34.2 Å². The monoisotopic (exact) mass is 411 g/mol. The fourth-order valence-electron chi connectivity index (χ4n) is 3.99. The van der Waals surface area contributed by atoms with Crippen LogP contribution in [0.25, 0.3) is 10.2 Å². The van der Waals surface area contributed by atoms with Crippen molar-refractivity contribution in [3.63, 3.8) is 0 Å². The molecule has 1 aliphatic rings. The van der Waals surface area contributed by atoms with Crippen LogP contribution in [0.4, 0.5) is 5.69 Å². The molecule has 0 atom stereocenters. The summed E-state index contributed by atoms with van der Waals surface area (Å²) in [7, 11) is 0. The van der Waals surface area contributed by atoms with Gasteiger partial charge in [0.1, 0.15) is 16.2 Å². The van der Waals surface area contributed by atoms with Gasteiger partial charge in [-0.3, -0.25) is 4.79 Å². The Morgan fingerprint density at radius 2 is 1.96 bits per heavy atom. The predicted molar refractivity (Wildman–Crippen MR) is 119 cm³/mol. The number of nitrogens with zero attached hydrogens (tertiary/aromatic N) is 2. The average Bonchev–Trinajstić information content (AvgIpc) is 3.23. The van der Waals surface area contributed by atoms with E-state index in [9.17, 15) is 4.79 Å². The Labute approximate surface area is 174 Å². The van der Waals surface area contributed by atoms with Crippen LogP contribution in [-0.4, -0.2) is 21.6 Å². The van der Waals surface area contributed by atoms with Crippen LogP contribution in [0.3, 0.4) is 0 Å². The first-order valence-corrected chi connectivity index (χ1v) is 11.6. The zero-order valence-electron chi connectivity index (χ0n) is 16.6. The molecular weight excluding hydrogens is 386 g/mol. The molecule has 0 bridgehead atoms. The van der Waals surface area contributed by atoms with Crippen LogP contribution >= 0.6 is 23.1 Å². The largest absolute Gasteiger partial charge is 0.326 e. The molecule has 4 rings (SSSR count). The Bertz CT molecular complexity index is 1020. The van der Waals surface area contributed by atoms with E-state index in [0.717, 1.165) is 45.3 Å². The van der Waals surface area contributed by atoms with Crippen LogP contribution in [0.5, 0.6) is 0 Å². The lowest BCUT2D eigenvalue weighted by molar-refractivity contribution is -0.116. The maximum absolute atomic E-state index is 12.4. The van der Waals surface area contributed by atoms with Crippen LogP contribution in [-0.2, 0) is 17.6 Å². The van der Waals surface area contributed by atoms with Crippen molar-refractivity contribution in [2.45, 2.75) is 57.9 Å². The van der Waals surface area contributed by atoms with Crippen LogP contribution in [0.15, 0.2) is 23.5 Å². The smallest absolute Gasteiger partial charge is 0.224 e. The number of nitrogens with one attached hydrogen (secondary N) is 1. The number of thiophene rings is 1. The standard InChI is InChI=1S/C22H25N3OS2/c1-13-10-14(2)20(15(3)11-13)25-18(26)8-5-9-27-21-19-16-6-4-7-17(16)28-22(19)24-12-23-21/h10-12H,4-9H2,1-3H3,(H,25,26). The van der Waals surface area contributed by atoms with Gasteiger partial charge in [-0.15, -0.1) is 23.1 Å². The summed E-state index contributed by atoms with van der Waals surface area (Å²) in [5, 5.41) is 5.43. The number of aromatic nitrogens is 2. The molecule has 1 amide bonds. The summed E-state index contributed by atoms with van der Waals surface area (Å²) in [6.07, 6.45) is 6.60. The van der Waals surface area contributed by atoms with E-state index in [2.05, 4.69) is 34.3 Å². The van der Waals surface area contributed by atoms with Crippen LogP contribution in [0.1, 0.15) is 46.4 Å². The number of fused-ring (bicyclic) bond motifs is 3. The molecule has 0 saturated heterocycles. The molecule has 1 aromatic carbocycles. The van der Waals surface area contributed by atoms with Gasteiger partial charge in [-0.25, -0.2) is 9.97 Å². The van der Waals surface area contributed by atoms with Crippen molar-refractivity contribution in [3.05, 3.63) is 45.6 Å². The second-order valence-electron chi connectivity index (χ2n) is 7.49.